The predicted molar refractivity (Wildman–Crippen MR) is 115 cm³/mol. The molecule has 0 N–H and O–H groups in total. The third-order valence-electron chi connectivity index (χ3n) is 7.07. The molecule has 0 amide bonds. The van der Waals surface area contributed by atoms with Gasteiger partial charge in [-0.1, -0.05) is 6.07 Å². The van der Waals surface area contributed by atoms with Crippen LogP contribution in [0.4, 0.5) is 0 Å². The van der Waals surface area contributed by atoms with E-state index < -0.39 is 0 Å². The highest BCUT2D eigenvalue weighted by atomic mass is 16.5. The lowest BCUT2D eigenvalue weighted by atomic mass is 9.82. The van der Waals surface area contributed by atoms with Crippen molar-refractivity contribution in [2.75, 3.05) is 33.4 Å². The van der Waals surface area contributed by atoms with Crippen LogP contribution in [0.25, 0.3) is 0 Å². The third kappa shape index (κ3) is 3.98. The molecule has 7 heteroatoms. The van der Waals surface area contributed by atoms with Gasteiger partial charge >= 0.3 is 0 Å². The van der Waals surface area contributed by atoms with Crippen molar-refractivity contribution in [1.29, 1.82) is 0 Å². The normalized spacial score (nSPS) is 24.9. The SMILES string of the molecule is CN(Cc1cnn(C)c1)Cc1ccc2n(c1=O)C[C@H]1C[C@@H]2CN(C2CCOCC2)C1. The van der Waals surface area contributed by atoms with Crippen molar-refractivity contribution in [1.82, 2.24) is 24.1 Å². The van der Waals surface area contributed by atoms with E-state index >= 15 is 0 Å². The zero-order valence-corrected chi connectivity index (χ0v) is 18.2. The quantitative estimate of drug-likeness (QED) is 0.751. The molecule has 0 radical (unpaired) electrons. The van der Waals surface area contributed by atoms with Crippen molar-refractivity contribution in [2.24, 2.45) is 13.0 Å². The van der Waals surface area contributed by atoms with Crippen LogP contribution in [0, 0.1) is 5.92 Å². The Balaban J connectivity index is 1.31. The van der Waals surface area contributed by atoms with Gasteiger partial charge in [0.25, 0.3) is 5.56 Å². The Labute approximate surface area is 178 Å². The highest BCUT2D eigenvalue weighted by Crippen LogP contribution is 2.37. The van der Waals surface area contributed by atoms with E-state index in [1.807, 2.05) is 24.1 Å². The third-order valence-corrected chi connectivity index (χ3v) is 7.07. The summed E-state index contributed by atoms with van der Waals surface area (Å²) >= 11 is 0. The van der Waals surface area contributed by atoms with E-state index in [-0.39, 0.29) is 5.56 Å². The minimum Gasteiger partial charge on any atom is -0.381 e. The summed E-state index contributed by atoms with van der Waals surface area (Å²) in [6.07, 6.45) is 7.44. The van der Waals surface area contributed by atoms with Crippen molar-refractivity contribution >= 4 is 0 Å². The van der Waals surface area contributed by atoms with Crippen molar-refractivity contribution in [2.45, 2.75) is 50.9 Å². The van der Waals surface area contributed by atoms with Crippen LogP contribution in [0.2, 0.25) is 0 Å². The summed E-state index contributed by atoms with van der Waals surface area (Å²) in [5.74, 6) is 1.07. The molecule has 2 bridgehead atoms. The summed E-state index contributed by atoms with van der Waals surface area (Å²) in [4.78, 5) is 18.2. The van der Waals surface area contributed by atoms with E-state index in [0.29, 0.717) is 24.4 Å². The Morgan fingerprint density at radius 3 is 2.77 bits per heavy atom. The second-order valence-corrected chi connectivity index (χ2v) is 9.49. The van der Waals surface area contributed by atoms with Crippen molar-refractivity contribution < 1.29 is 4.74 Å². The highest BCUT2D eigenvalue weighted by Gasteiger charge is 2.37. The van der Waals surface area contributed by atoms with Gasteiger partial charge in [0.05, 0.1) is 6.20 Å². The fourth-order valence-electron chi connectivity index (χ4n) is 5.71. The van der Waals surface area contributed by atoms with Gasteiger partial charge in [-0.2, -0.15) is 5.10 Å². The average molecular weight is 412 g/mol. The standard InChI is InChI=1S/C23H33N5O2/c1-25(11-18-10-24-26(2)12-18)15-19-3-4-22-20-9-17(14-28(22)23(19)29)13-27(16-20)21-5-7-30-8-6-21/h3-4,10,12,17,20-21H,5-9,11,13-16H2,1-2H3/t17-,20+/m0/s1. The van der Waals surface area contributed by atoms with Gasteiger partial charge in [0.15, 0.2) is 0 Å². The van der Waals surface area contributed by atoms with Gasteiger partial charge in [-0.3, -0.25) is 19.3 Å². The molecule has 7 nitrogen and oxygen atoms in total. The van der Waals surface area contributed by atoms with Crippen LogP contribution in [-0.2, 0) is 31.4 Å². The predicted octanol–water partition coefficient (Wildman–Crippen LogP) is 1.81. The molecule has 0 aliphatic carbocycles. The molecule has 3 aliphatic heterocycles. The van der Waals surface area contributed by atoms with Crippen LogP contribution in [-0.4, -0.2) is 63.5 Å². The van der Waals surface area contributed by atoms with Gasteiger partial charge in [0.2, 0.25) is 0 Å². The fourth-order valence-corrected chi connectivity index (χ4v) is 5.71. The number of aryl methyl sites for hydroxylation is 1. The first-order valence-electron chi connectivity index (χ1n) is 11.3. The lowest BCUT2D eigenvalue weighted by Crippen LogP contribution is -2.52. The summed E-state index contributed by atoms with van der Waals surface area (Å²) in [7, 11) is 4.00. The number of pyridine rings is 1. The van der Waals surface area contributed by atoms with Gasteiger partial charge < -0.3 is 9.30 Å². The zero-order chi connectivity index (χ0) is 20.7. The van der Waals surface area contributed by atoms with Gasteiger partial charge in [0.1, 0.15) is 0 Å². The largest absolute Gasteiger partial charge is 0.381 e. The van der Waals surface area contributed by atoms with E-state index in [4.69, 9.17) is 4.74 Å². The monoisotopic (exact) mass is 411 g/mol. The zero-order valence-electron chi connectivity index (χ0n) is 18.2. The van der Waals surface area contributed by atoms with Crippen LogP contribution in [0.1, 0.15) is 42.0 Å². The molecule has 30 heavy (non-hydrogen) atoms. The maximum absolute atomic E-state index is 13.3. The molecule has 2 fully saturated rings. The number of piperidine rings is 1. The molecular weight excluding hydrogens is 378 g/mol. The Hall–Kier alpha value is -1.96. The minimum atomic E-state index is 0.208. The number of aromatic nitrogens is 3. The summed E-state index contributed by atoms with van der Waals surface area (Å²) in [5.41, 5.74) is 3.51. The molecule has 5 rings (SSSR count). The highest BCUT2D eigenvalue weighted by molar-refractivity contribution is 5.22. The second kappa shape index (κ2) is 8.29. The van der Waals surface area contributed by atoms with Crippen molar-refractivity contribution in [3.63, 3.8) is 0 Å². The lowest BCUT2D eigenvalue weighted by molar-refractivity contribution is 0.00582. The molecule has 2 aromatic heterocycles. The smallest absolute Gasteiger partial charge is 0.255 e. The number of hydrogen-bond acceptors (Lipinski definition) is 5. The molecule has 0 aromatic carbocycles. The summed E-state index contributed by atoms with van der Waals surface area (Å²) < 4.78 is 9.47. The molecule has 2 atom stereocenters. The van der Waals surface area contributed by atoms with E-state index in [2.05, 4.69) is 38.6 Å². The fraction of sp³-hybridized carbons (Fsp3) is 0.652. The maximum atomic E-state index is 13.3. The summed E-state index contributed by atoms with van der Waals surface area (Å²) in [5, 5.41) is 4.24. The Morgan fingerprint density at radius 1 is 1.17 bits per heavy atom. The van der Waals surface area contributed by atoms with Crippen molar-refractivity contribution in [3.05, 3.63) is 51.7 Å². The summed E-state index contributed by atoms with van der Waals surface area (Å²) in [6, 6.07) is 4.95. The van der Waals surface area contributed by atoms with Crippen LogP contribution in [0.3, 0.4) is 0 Å². The van der Waals surface area contributed by atoms with Gasteiger partial charge in [-0.15, -0.1) is 0 Å². The number of likely N-dealkylation sites (tertiary alicyclic amines) is 1. The Kier molecular flexibility index (Phi) is 5.52. The van der Waals surface area contributed by atoms with E-state index in [9.17, 15) is 4.79 Å². The molecular formula is C23H33N5O2. The van der Waals surface area contributed by atoms with Crippen LogP contribution in [0.15, 0.2) is 29.3 Å². The van der Waals surface area contributed by atoms with Gasteiger partial charge in [0, 0.05) is 88.0 Å². The molecule has 0 saturated carbocycles. The van der Waals surface area contributed by atoms with Crippen LogP contribution < -0.4 is 5.56 Å². The molecule has 5 heterocycles. The number of ether oxygens (including phenoxy) is 1. The lowest BCUT2D eigenvalue weighted by Gasteiger charge is -2.46. The number of nitrogens with zero attached hydrogens (tertiary/aromatic N) is 5. The molecule has 2 aromatic rings. The first-order valence-corrected chi connectivity index (χ1v) is 11.3. The molecule has 162 valence electrons. The average Bonchev–Trinajstić information content (AvgIpc) is 3.15. The first kappa shape index (κ1) is 20.0. The number of hydrogen-bond donors (Lipinski definition) is 0. The van der Waals surface area contributed by atoms with E-state index in [1.54, 1.807) is 0 Å². The molecule has 0 spiro atoms. The topological polar surface area (TPSA) is 55.5 Å². The minimum absolute atomic E-state index is 0.208. The van der Waals surface area contributed by atoms with Gasteiger partial charge in [-0.25, -0.2) is 0 Å². The van der Waals surface area contributed by atoms with E-state index in [0.717, 1.165) is 57.8 Å². The van der Waals surface area contributed by atoms with Gasteiger partial charge in [-0.05, 0) is 38.3 Å². The summed E-state index contributed by atoms with van der Waals surface area (Å²) in [6.45, 7) is 6.31. The van der Waals surface area contributed by atoms with Crippen molar-refractivity contribution in [3.8, 4) is 0 Å². The molecule has 3 aliphatic rings. The maximum Gasteiger partial charge on any atom is 0.255 e. The Bertz CT molecular complexity index is 945. The Morgan fingerprint density at radius 2 is 2.00 bits per heavy atom. The molecule has 2 saturated heterocycles. The second-order valence-electron chi connectivity index (χ2n) is 9.49. The van der Waals surface area contributed by atoms with E-state index in [1.165, 1.54) is 17.7 Å². The number of rotatable bonds is 5. The van der Waals surface area contributed by atoms with Crippen LogP contribution >= 0.6 is 0 Å². The molecule has 0 unspecified atom stereocenters. The van der Waals surface area contributed by atoms with Crippen LogP contribution in [0.5, 0.6) is 0 Å². The number of fused-ring (bicyclic) bond motifs is 4. The first-order chi connectivity index (χ1) is 14.6.